The van der Waals surface area contributed by atoms with E-state index >= 15 is 0 Å². The number of nitrogens with one attached hydrogen (secondary N) is 1. The molecular weight excluding hydrogens is 236 g/mol. The van der Waals surface area contributed by atoms with Crippen molar-refractivity contribution in [1.82, 2.24) is 9.88 Å². The van der Waals surface area contributed by atoms with Crippen molar-refractivity contribution in [2.45, 2.75) is 39.3 Å². The molecule has 0 aliphatic carbocycles. The minimum Gasteiger partial charge on any atom is -0.496 e. The van der Waals surface area contributed by atoms with Gasteiger partial charge in [0.25, 0.3) is 0 Å². The van der Waals surface area contributed by atoms with Gasteiger partial charge in [0, 0.05) is 30.7 Å². The molecule has 0 saturated carbocycles. The smallest absolute Gasteiger partial charge is 0.128 e. The highest BCUT2D eigenvalue weighted by Gasteiger charge is 2.06. The van der Waals surface area contributed by atoms with Crippen LogP contribution in [0.25, 0.3) is 10.9 Å². The largest absolute Gasteiger partial charge is 0.496 e. The quantitative estimate of drug-likeness (QED) is 0.825. The van der Waals surface area contributed by atoms with E-state index < -0.39 is 0 Å². The van der Waals surface area contributed by atoms with Gasteiger partial charge in [0.05, 0.1) is 12.6 Å². The van der Waals surface area contributed by atoms with Crippen molar-refractivity contribution < 1.29 is 4.74 Å². The van der Waals surface area contributed by atoms with Gasteiger partial charge in [-0.15, -0.1) is 0 Å². The molecular formula is C16H24N2O. The summed E-state index contributed by atoms with van der Waals surface area (Å²) in [5.41, 5.74) is 1.24. The number of fused-ring (bicyclic) bond motifs is 1. The maximum absolute atomic E-state index is 5.39. The molecule has 0 unspecified atom stereocenters. The Morgan fingerprint density at radius 2 is 2.00 bits per heavy atom. The predicted octanol–water partition coefficient (Wildman–Crippen LogP) is 3.43. The number of nitrogens with zero attached hydrogens (tertiary/aromatic N) is 1. The van der Waals surface area contributed by atoms with E-state index in [1.54, 1.807) is 7.11 Å². The minimum absolute atomic E-state index is 0.636. The summed E-state index contributed by atoms with van der Waals surface area (Å²) in [5.74, 6) is 0.948. The van der Waals surface area contributed by atoms with Crippen molar-refractivity contribution in [3.8, 4) is 5.75 Å². The van der Waals surface area contributed by atoms with E-state index in [1.165, 1.54) is 23.7 Å². The first kappa shape index (κ1) is 13.9. The van der Waals surface area contributed by atoms with Crippen LogP contribution in [0.5, 0.6) is 5.75 Å². The first-order valence-corrected chi connectivity index (χ1v) is 7.15. The van der Waals surface area contributed by atoms with Crippen LogP contribution < -0.4 is 10.1 Å². The lowest BCUT2D eigenvalue weighted by atomic mass is 10.2. The van der Waals surface area contributed by atoms with Crippen LogP contribution in [0, 0.1) is 0 Å². The molecule has 3 heteroatoms. The second-order valence-corrected chi connectivity index (χ2v) is 4.87. The van der Waals surface area contributed by atoms with Crippen molar-refractivity contribution >= 4 is 10.9 Å². The molecule has 0 saturated heterocycles. The second kappa shape index (κ2) is 6.62. The SMILES string of the molecule is CCC(CC)NCCn1ccc2c(OC)cccc21. The molecule has 0 atom stereocenters. The molecule has 0 bridgehead atoms. The van der Waals surface area contributed by atoms with Gasteiger partial charge in [-0.2, -0.15) is 0 Å². The van der Waals surface area contributed by atoms with Crippen molar-refractivity contribution in [2.24, 2.45) is 0 Å². The van der Waals surface area contributed by atoms with Crippen LogP contribution in [0.2, 0.25) is 0 Å². The first-order valence-electron chi connectivity index (χ1n) is 7.15. The van der Waals surface area contributed by atoms with Crippen LogP contribution in [-0.4, -0.2) is 24.3 Å². The predicted molar refractivity (Wildman–Crippen MR) is 80.9 cm³/mol. The van der Waals surface area contributed by atoms with E-state index in [1.807, 2.05) is 12.1 Å². The molecule has 0 fully saturated rings. The zero-order chi connectivity index (χ0) is 13.7. The maximum Gasteiger partial charge on any atom is 0.128 e. The third-order valence-electron chi connectivity index (χ3n) is 3.76. The Bertz CT molecular complexity index is 514. The van der Waals surface area contributed by atoms with E-state index in [0.717, 1.165) is 18.8 Å². The number of aromatic nitrogens is 1. The highest BCUT2D eigenvalue weighted by atomic mass is 16.5. The third-order valence-corrected chi connectivity index (χ3v) is 3.76. The number of hydrogen-bond acceptors (Lipinski definition) is 2. The summed E-state index contributed by atoms with van der Waals surface area (Å²) in [7, 11) is 1.72. The Labute approximate surface area is 115 Å². The maximum atomic E-state index is 5.39. The zero-order valence-electron chi connectivity index (χ0n) is 12.1. The molecule has 0 spiro atoms. The van der Waals surface area contributed by atoms with Gasteiger partial charge in [-0.1, -0.05) is 19.9 Å². The van der Waals surface area contributed by atoms with Gasteiger partial charge in [-0.05, 0) is 31.0 Å². The van der Waals surface area contributed by atoms with Gasteiger partial charge in [-0.25, -0.2) is 0 Å². The lowest BCUT2D eigenvalue weighted by Crippen LogP contribution is -2.30. The van der Waals surface area contributed by atoms with Crippen molar-refractivity contribution in [1.29, 1.82) is 0 Å². The van der Waals surface area contributed by atoms with Gasteiger partial charge >= 0.3 is 0 Å². The summed E-state index contributed by atoms with van der Waals surface area (Å²) < 4.78 is 7.67. The van der Waals surface area contributed by atoms with Crippen molar-refractivity contribution in [3.63, 3.8) is 0 Å². The molecule has 3 nitrogen and oxygen atoms in total. The summed E-state index contributed by atoms with van der Waals surface area (Å²) in [6.07, 6.45) is 4.52. The van der Waals surface area contributed by atoms with Gasteiger partial charge in [0.1, 0.15) is 5.75 Å². The molecule has 1 aromatic heterocycles. The molecule has 0 amide bonds. The van der Waals surface area contributed by atoms with Gasteiger partial charge < -0.3 is 14.6 Å². The monoisotopic (exact) mass is 260 g/mol. The Morgan fingerprint density at radius 3 is 2.68 bits per heavy atom. The van der Waals surface area contributed by atoms with Crippen LogP contribution >= 0.6 is 0 Å². The number of benzene rings is 1. The molecule has 1 N–H and O–H groups in total. The minimum atomic E-state index is 0.636. The van der Waals surface area contributed by atoms with E-state index in [-0.39, 0.29) is 0 Å². The van der Waals surface area contributed by atoms with Crippen LogP contribution in [0.3, 0.4) is 0 Å². The number of hydrogen-bond donors (Lipinski definition) is 1. The highest BCUT2D eigenvalue weighted by molar-refractivity contribution is 5.86. The average molecular weight is 260 g/mol. The standard InChI is InChI=1S/C16H24N2O/c1-4-13(5-2)17-10-12-18-11-9-14-15(18)7-6-8-16(14)19-3/h6-9,11,13,17H,4-5,10,12H2,1-3H3. The zero-order valence-corrected chi connectivity index (χ0v) is 12.1. The fraction of sp³-hybridized carbons (Fsp3) is 0.500. The van der Waals surface area contributed by atoms with Crippen molar-refractivity contribution in [3.05, 3.63) is 30.5 Å². The van der Waals surface area contributed by atoms with E-state index in [9.17, 15) is 0 Å². The Hall–Kier alpha value is -1.48. The molecule has 104 valence electrons. The van der Waals surface area contributed by atoms with E-state index in [4.69, 9.17) is 4.74 Å². The fourth-order valence-corrected chi connectivity index (χ4v) is 2.53. The summed E-state index contributed by atoms with van der Waals surface area (Å²) in [5, 5.41) is 4.79. The molecule has 1 heterocycles. The summed E-state index contributed by atoms with van der Waals surface area (Å²) in [6, 6.07) is 8.97. The summed E-state index contributed by atoms with van der Waals surface area (Å²) >= 11 is 0. The van der Waals surface area contributed by atoms with Gasteiger partial charge in [0.2, 0.25) is 0 Å². The Balaban J connectivity index is 2.05. The lowest BCUT2D eigenvalue weighted by Gasteiger charge is -2.15. The first-order chi connectivity index (χ1) is 9.30. The molecule has 2 aromatic rings. The molecule has 19 heavy (non-hydrogen) atoms. The topological polar surface area (TPSA) is 26.2 Å². The number of ether oxygens (including phenoxy) is 1. The van der Waals surface area contributed by atoms with E-state index in [2.05, 4.69) is 42.1 Å². The summed E-state index contributed by atoms with van der Waals surface area (Å²) in [4.78, 5) is 0. The van der Waals surface area contributed by atoms with Gasteiger partial charge in [0.15, 0.2) is 0 Å². The van der Waals surface area contributed by atoms with Crippen LogP contribution in [0.4, 0.5) is 0 Å². The lowest BCUT2D eigenvalue weighted by molar-refractivity contribution is 0.420. The molecule has 2 rings (SSSR count). The number of rotatable bonds is 7. The molecule has 1 aromatic carbocycles. The number of methoxy groups -OCH3 is 1. The van der Waals surface area contributed by atoms with Crippen molar-refractivity contribution in [2.75, 3.05) is 13.7 Å². The second-order valence-electron chi connectivity index (χ2n) is 4.87. The Morgan fingerprint density at radius 1 is 1.21 bits per heavy atom. The van der Waals surface area contributed by atoms with Gasteiger partial charge in [-0.3, -0.25) is 0 Å². The molecule has 0 radical (unpaired) electrons. The van der Waals surface area contributed by atoms with Crippen LogP contribution in [0.15, 0.2) is 30.5 Å². The normalized spacial score (nSPS) is 11.4. The Kier molecular flexibility index (Phi) is 4.86. The fourth-order valence-electron chi connectivity index (χ4n) is 2.53. The molecule has 0 aliphatic rings. The van der Waals surface area contributed by atoms with Crippen LogP contribution in [0.1, 0.15) is 26.7 Å². The third kappa shape index (κ3) is 3.10. The van der Waals surface area contributed by atoms with Crippen LogP contribution in [-0.2, 0) is 6.54 Å². The van der Waals surface area contributed by atoms with E-state index in [0.29, 0.717) is 6.04 Å². The average Bonchev–Trinajstić information content (AvgIpc) is 2.87. The highest BCUT2D eigenvalue weighted by Crippen LogP contribution is 2.25. The summed E-state index contributed by atoms with van der Waals surface area (Å²) in [6.45, 7) is 6.47. The molecule has 0 aliphatic heterocycles.